The first kappa shape index (κ1) is 14.3. The lowest BCUT2D eigenvalue weighted by atomic mass is 10.1. The number of anilines is 2. The van der Waals surface area contributed by atoms with Gasteiger partial charge in [-0.25, -0.2) is 9.97 Å². The van der Waals surface area contributed by atoms with Crippen LogP contribution in [0.1, 0.15) is 6.42 Å². The van der Waals surface area contributed by atoms with Crippen molar-refractivity contribution in [3.63, 3.8) is 0 Å². The van der Waals surface area contributed by atoms with Gasteiger partial charge in [0, 0.05) is 31.5 Å². The van der Waals surface area contributed by atoms with Crippen LogP contribution in [0.15, 0.2) is 30.6 Å². The minimum Gasteiger partial charge on any atom is -0.398 e. The van der Waals surface area contributed by atoms with Gasteiger partial charge in [0.15, 0.2) is 5.65 Å². The Kier molecular flexibility index (Phi) is 3.88. The summed E-state index contributed by atoms with van der Waals surface area (Å²) in [7, 11) is 1.89. The minimum absolute atomic E-state index is 0.124. The van der Waals surface area contributed by atoms with E-state index in [9.17, 15) is 0 Å². The highest BCUT2D eigenvalue weighted by Crippen LogP contribution is 2.29. The normalized spacial score (nSPS) is 11.0. The average Bonchev–Trinajstić information content (AvgIpc) is 2.89. The lowest BCUT2D eigenvalue weighted by molar-refractivity contribution is 0.292. The summed E-state index contributed by atoms with van der Waals surface area (Å²) in [5.41, 5.74) is 9.71. The number of para-hydroxylation sites is 1. The lowest BCUT2D eigenvalue weighted by Crippen LogP contribution is -2.08. The van der Waals surface area contributed by atoms with Crippen LogP contribution in [0.2, 0.25) is 0 Å². The third-order valence-corrected chi connectivity index (χ3v) is 3.39. The molecular formula is C15H18N6O. The second kappa shape index (κ2) is 5.98. The third-order valence-electron chi connectivity index (χ3n) is 3.39. The van der Waals surface area contributed by atoms with Crippen LogP contribution in [0.5, 0.6) is 0 Å². The molecule has 114 valence electrons. The van der Waals surface area contributed by atoms with Gasteiger partial charge in [0.1, 0.15) is 11.2 Å². The molecule has 3 rings (SSSR count). The van der Waals surface area contributed by atoms with Crippen LogP contribution >= 0.6 is 0 Å². The summed E-state index contributed by atoms with van der Waals surface area (Å²) in [4.78, 5) is 13.4. The van der Waals surface area contributed by atoms with E-state index in [1.165, 1.54) is 0 Å². The number of benzene rings is 1. The monoisotopic (exact) mass is 298 g/mol. The molecule has 0 aliphatic rings. The van der Waals surface area contributed by atoms with E-state index in [1.807, 2.05) is 35.9 Å². The number of nitrogens with one attached hydrogen (secondary N) is 1. The highest BCUT2D eigenvalue weighted by atomic mass is 16.3. The van der Waals surface area contributed by atoms with Crippen LogP contribution in [-0.2, 0) is 7.05 Å². The number of nitrogen functional groups attached to an aromatic ring is 1. The molecular weight excluding hydrogens is 280 g/mol. The van der Waals surface area contributed by atoms with Gasteiger partial charge in [-0.2, -0.15) is 4.98 Å². The molecule has 0 unspecified atom stereocenters. The molecule has 0 spiro atoms. The number of rotatable bonds is 5. The molecule has 1 aromatic carbocycles. The van der Waals surface area contributed by atoms with E-state index < -0.39 is 0 Å². The first-order valence-electron chi connectivity index (χ1n) is 7.09. The molecule has 22 heavy (non-hydrogen) atoms. The second-order valence-corrected chi connectivity index (χ2v) is 5.01. The molecule has 7 heteroatoms. The van der Waals surface area contributed by atoms with Crippen LogP contribution in [0.4, 0.5) is 11.6 Å². The highest BCUT2D eigenvalue weighted by molar-refractivity contribution is 5.92. The zero-order valence-electron chi connectivity index (χ0n) is 12.3. The number of hydrogen-bond acceptors (Lipinski definition) is 6. The fraction of sp³-hybridized carbons (Fsp3) is 0.267. The Balaban J connectivity index is 2.13. The van der Waals surface area contributed by atoms with Gasteiger partial charge in [-0.15, -0.1) is 0 Å². The van der Waals surface area contributed by atoms with Crippen LogP contribution in [-0.4, -0.2) is 37.8 Å². The molecule has 0 atom stereocenters. The first-order chi connectivity index (χ1) is 10.7. The SMILES string of the molecule is Cn1cnc2c(-c3ccccc3N)nc(NCCCO)nc21. The zero-order chi connectivity index (χ0) is 15.5. The predicted molar refractivity (Wildman–Crippen MR) is 86.3 cm³/mol. The summed E-state index contributed by atoms with van der Waals surface area (Å²) < 4.78 is 1.84. The summed E-state index contributed by atoms with van der Waals surface area (Å²) in [6.45, 7) is 0.725. The van der Waals surface area contributed by atoms with Crippen molar-refractivity contribution >= 4 is 22.8 Å². The fourth-order valence-electron chi connectivity index (χ4n) is 2.27. The molecule has 0 bridgehead atoms. The number of aliphatic hydroxyl groups excluding tert-OH is 1. The number of aryl methyl sites for hydroxylation is 1. The number of hydrogen-bond donors (Lipinski definition) is 3. The van der Waals surface area contributed by atoms with Gasteiger partial charge in [0.2, 0.25) is 5.95 Å². The third kappa shape index (κ3) is 2.58. The van der Waals surface area contributed by atoms with Crippen molar-refractivity contribution in [3.8, 4) is 11.3 Å². The smallest absolute Gasteiger partial charge is 0.225 e. The van der Waals surface area contributed by atoms with Crippen molar-refractivity contribution < 1.29 is 5.11 Å². The molecule has 7 nitrogen and oxygen atoms in total. The van der Waals surface area contributed by atoms with Gasteiger partial charge in [0.25, 0.3) is 0 Å². The number of aliphatic hydroxyl groups is 1. The Bertz CT molecular complexity index is 798. The topological polar surface area (TPSA) is 102 Å². The van der Waals surface area contributed by atoms with E-state index in [0.717, 1.165) is 11.2 Å². The number of nitrogens with two attached hydrogens (primary N) is 1. The van der Waals surface area contributed by atoms with E-state index in [1.54, 1.807) is 6.33 Å². The molecule has 0 radical (unpaired) electrons. The van der Waals surface area contributed by atoms with E-state index in [-0.39, 0.29) is 6.61 Å². The molecule has 2 heterocycles. The van der Waals surface area contributed by atoms with Gasteiger partial charge in [-0.3, -0.25) is 0 Å². The zero-order valence-corrected chi connectivity index (χ0v) is 12.3. The number of aromatic nitrogens is 4. The van der Waals surface area contributed by atoms with Crippen molar-refractivity contribution in [2.24, 2.45) is 7.05 Å². The Morgan fingerprint density at radius 1 is 1.27 bits per heavy atom. The van der Waals surface area contributed by atoms with E-state index in [4.69, 9.17) is 10.8 Å². The fourth-order valence-corrected chi connectivity index (χ4v) is 2.27. The summed E-state index contributed by atoms with van der Waals surface area (Å²) in [5.74, 6) is 0.503. The molecule has 0 amide bonds. The van der Waals surface area contributed by atoms with Gasteiger partial charge in [0.05, 0.1) is 6.33 Å². The predicted octanol–water partition coefficient (Wildman–Crippen LogP) is 1.41. The number of imidazole rings is 1. The average molecular weight is 298 g/mol. The minimum atomic E-state index is 0.124. The Hall–Kier alpha value is -2.67. The Morgan fingerprint density at radius 2 is 2.09 bits per heavy atom. The van der Waals surface area contributed by atoms with Crippen LogP contribution in [0, 0.1) is 0 Å². The molecule has 0 aliphatic heterocycles. The summed E-state index contributed by atoms with van der Waals surface area (Å²) in [5, 5.41) is 12.0. The first-order valence-corrected chi connectivity index (χ1v) is 7.09. The highest BCUT2D eigenvalue weighted by Gasteiger charge is 2.15. The van der Waals surface area contributed by atoms with Crippen molar-refractivity contribution in [1.82, 2.24) is 19.5 Å². The molecule has 0 fully saturated rings. The van der Waals surface area contributed by atoms with Crippen LogP contribution in [0.3, 0.4) is 0 Å². The van der Waals surface area contributed by atoms with Crippen LogP contribution in [0.25, 0.3) is 22.4 Å². The summed E-state index contributed by atoms with van der Waals surface area (Å²) >= 11 is 0. The molecule has 0 saturated carbocycles. The maximum atomic E-state index is 8.88. The van der Waals surface area contributed by atoms with Crippen LogP contribution < -0.4 is 11.1 Å². The van der Waals surface area contributed by atoms with E-state index in [2.05, 4.69) is 20.3 Å². The molecule has 4 N–H and O–H groups in total. The van der Waals surface area contributed by atoms with Crippen molar-refractivity contribution in [3.05, 3.63) is 30.6 Å². The lowest BCUT2D eigenvalue weighted by Gasteiger charge is -2.09. The molecule has 0 aliphatic carbocycles. The van der Waals surface area contributed by atoms with Crippen molar-refractivity contribution in [2.75, 3.05) is 24.2 Å². The van der Waals surface area contributed by atoms with Gasteiger partial charge in [-0.05, 0) is 12.5 Å². The molecule has 2 aromatic heterocycles. The van der Waals surface area contributed by atoms with Crippen molar-refractivity contribution in [2.45, 2.75) is 6.42 Å². The standard InChI is InChI=1S/C15H18N6O/c1-21-9-18-13-12(10-5-2-3-6-11(10)16)19-15(20-14(13)21)17-7-4-8-22/h2-3,5-6,9,22H,4,7-8,16H2,1H3,(H,17,19,20). The van der Waals surface area contributed by atoms with Crippen molar-refractivity contribution in [1.29, 1.82) is 0 Å². The maximum absolute atomic E-state index is 8.88. The Morgan fingerprint density at radius 3 is 2.86 bits per heavy atom. The van der Waals surface area contributed by atoms with Gasteiger partial charge < -0.3 is 20.7 Å². The number of fused-ring (bicyclic) bond motifs is 1. The number of nitrogens with zero attached hydrogens (tertiary/aromatic N) is 4. The maximum Gasteiger partial charge on any atom is 0.225 e. The largest absolute Gasteiger partial charge is 0.398 e. The quantitative estimate of drug-likeness (QED) is 0.486. The Labute approximate surface area is 127 Å². The second-order valence-electron chi connectivity index (χ2n) is 5.01. The van der Waals surface area contributed by atoms with E-state index in [0.29, 0.717) is 35.8 Å². The van der Waals surface area contributed by atoms with Gasteiger partial charge in [-0.1, -0.05) is 18.2 Å². The summed E-state index contributed by atoms with van der Waals surface area (Å²) in [6.07, 6.45) is 2.34. The molecule has 3 aromatic rings. The summed E-state index contributed by atoms with van der Waals surface area (Å²) in [6, 6.07) is 7.56. The van der Waals surface area contributed by atoms with E-state index >= 15 is 0 Å². The van der Waals surface area contributed by atoms with Gasteiger partial charge >= 0.3 is 0 Å². The molecule has 0 saturated heterocycles.